The van der Waals surface area contributed by atoms with Crippen LogP contribution < -0.4 is 4.74 Å². The number of hydrogen-bond acceptors (Lipinski definition) is 8. The quantitative estimate of drug-likeness (QED) is 0.382. The van der Waals surface area contributed by atoms with Crippen LogP contribution in [-0.4, -0.2) is 99.3 Å². The summed E-state index contributed by atoms with van der Waals surface area (Å²) >= 11 is 0. The first-order valence-electron chi connectivity index (χ1n) is 12.4. The normalized spacial score (nSPS) is 19.3. The van der Waals surface area contributed by atoms with Crippen molar-refractivity contribution in [3.05, 3.63) is 28.2 Å². The maximum atomic E-state index is 13.6. The van der Waals surface area contributed by atoms with Crippen molar-refractivity contribution in [1.29, 1.82) is 0 Å². The Balaban J connectivity index is 0.00000145. The van der Waals surface area contributed by atoms with Gasteiger partial charge in [0.2, 0.25) is 15.9 Å². The third-order valence-corrected chi connectivity index (χ3v) is 8.87. The van der Waals surface area contributed by atoms with Crippen LogP contribution in [0.4, 0.5) is 0 Å². The van der Waals surface area contributed by atoms with Crippen molar-refractivity contribution in [1.82, 2.24) is 14.1 Å². The third kappa shape index (κ3) is 7.86. The zero-order chi connectivity index (χ0) is 26.7. The van der Waals surface area contributed by atoms with Crippen molar-refractivity contribution >= 4 is 15.9 Å². The molecular formula is C24H40N4O7S. The fourth-order valence-electron chi connectivity index (χ4n) is 4.92. The molecule has 1 N–H and O–H groups in total. The predicted octanol–water partition coefficient (Wildman–Crippen LogP) is 2.57. The number of ether oxygens (including phenoxy) is 2. The molecule has 2 aliphatic rings. The van der Waals surface area contributed by atoms with Gasteiger partial charge in [-0.05, 0) is 62.9 Å². The molecule has 1 atom stereocenters. The lowest BCUT2D eigenvalue weighted by Crippen LogP contribution is -2.50. The molecule has 12 heteroatoms. The minimum Gasteiger partial charge on any atom is -0.497 e. The van der Waals surface area contributed by atoms with E-state index in [2.05, 4.69) is 11.8 Å². The number of nitrogens with zero attached hydrogens (tertiary/aromatic N) is 4. The summed E-state index contributed by atoms with van der Waals surface area (Å²) in [7, 11) is -2.11. The summed E-state index contributed by atoms with van der Waals surface area (Å²) in [6, 6.07) is 3.25. The fraction of sp³-hybridized carbons (Fsp3) is 0.708. The second kappa shape index (κ2) is 14.5. The Labute approximate surface area is 214 Å². The molecule has 2 saturated heterocycles. The lowest BCUT2D eigenvalue weighted by Gasteiger charge is -2.36. The molecule has 0 radical (unpaired) electrons. The van der Waals surface area contributed by atoms with Gasteiger partial charge >= 0.3 is 0 Å². The van der Waals surface area contributed by atoms with Crippen LogP contribution in [0.25, 0.3) is 0 Å². The molecule has 3 rings (SSSR count). The van der Waals surface area contributed by atoms with Crippen LogP contribution in [0.2, 0.25) is 0 Å². The number of benzene rings is 1. The highest BCUT2D eigenvalue weighted by Gasteiger charge is 2.35. The van der Waals surface area contributed by atoms with Gasteiger partial charge in [0.25, 0.3) is 0 Å². The van der Waals surface area contributed by atoms with Gasteiger partial charge in [-0.1, -0.05) is 13.3 Å². The highest BCUT2D eigenvalue weighted by atomic mass is 32.2. The number of amides is 1. The Hall–Kier alpha value is -2.28. The summed E-state index contributed by atoms with van der Waals surface area (Å²) in [4.78, 5) is 25.3. The number of piperidine rings is 1. The van der Waals surface area contributed by atoms with Gasteiger partial charge in [0, 0.05) is 38.8 Å². The van der Waals surface area contributed by atoms with Crippen LogP contribution in [0.3, 0.4) is 0 Å². The Morgan fingerprint density at radius 2 is 1.72 bits per heavy atom. The van der Waals surface area contributed by atoms with Gasteiger partial charge in [0.05, 0.1) is 18.6 Å². The van der Waals surface area contributed by atoms with Gasteiger partial charge in [-0.15, -0.1) is 4.91 Å². The Kier molecular flexibility index (Phi) is 12.0. The molecule has 1 unspecified atom stereocenters. The van der Waals surface area contributed by atoms with E-state index in [0.29, 0.717) is 28.3 Å². The zero-order valence-electron chi connectivity index (χ0n) is 21.8. The summed E-state index contributed by atoms with van der Waals surface area (Å²) < 4.78 is 39.9. The standard InChI is InChI=1S/C24H39N3O5S.HNO2/c1-5-9-25-11-13-26(14-12-25)23(28)18-32-17-21-8-6-7-10-27(21)33(29,30)24-19(2)15-22(31-4)16-20(24)3;2-1-3/h15-16,21H,5-14,17-18H2,1-4H3;(H,2,3). The number of rotatable bonds is 9. The number of sulfonamides is 1. The summed E-state index contributed by atoms with van der Waals surface area (Å²) in [5.41, 5.74) is 1.35. The lowest BCUT2D eigenvalue weighted by atomic mass is 10.1. The van der Waals surface area contributed by atoms with E-state index in [0.717, 1.165) is 58.4 Å². The number of aryl methyl sites for hydroxylation is 2. The molecule has 0 bridgehead atoms. The number of carbonyl (C=O) groups excluding carboxylic acids is 1. The number of carbonyl (C=O) groups is 1. The second-order valence-electron chi connectivity index (χ2n) is 9.17. The van der Waals surface area contributed by atoms with Crippen molar-refractivity contribution in [3.63, 3.8) is 0 Å². The third-order valence-electron chi connectivity index (χ3n) is 6.61. The van der Waals surface area contributed by atoms with E-state index in [9.17, 15) is 13.2 Å². The molecule has 2 heterocycles. The number of hydrogen-bond donors (Lipinski definition) is 1. The summed E-state index contributed by atoms with van der Waals surface area (Å²) in [5.74, 6) is 0.634. The maximum Gasteiger partial charge on any atom is 0.248 e. The van der Waals surface area contributed by atoms with E-state index in [-0.39, 0.29) is 25.2 Å². The average Bonchev–Trinajstić information content (AvgIpc) is 2.84. The highest BCUT2D eigenvalue weighted by molar-refractivity contribution is 7.89. The van der Waals surface area contributed by atoms with Crippen LogP contribution in [0.5, 0.6) is 5.75 Å². The molecule has 11 nitrogen and oxygen atoms in total. The summed E-state index contributed by atoms with van der Waals surface area (Å²) in [6.45, 7) is 10.8. The Bertz CT molecular complexity index is 942. The van der Waals surface area contributed by atoms with Gasteiger partial charge in [0.1, 0.15) is 12.4 Å². The van der Waals surface area contributed by atoms with Crippen LogP contribution >= 0.6 is 0 Å². The van der Waals surface area contributed by atoms with E-state index in [4.69, 9.17) is 19.6 Å². The average molecular weight is 529 g/mol. The van der Waals surface area contributed by atoms with E-state index in [1.165, 1.54) is 5.34 Å². The van der Waals surface area contributed by atoms with E-state index in [1.54, 1.807) is 37.4 Å². The highest BCUT2D eigenvalue weighted by Crippen LogP contribution is 2.31. The largest absolute Gasteiger partial charge is 0.497 e. The predicted molar refractivity (Wildman–Crippen MR) is 136 cm³/mol. The lowest BCUT2D eigenvalue weighted by molar-refractivity contribution is -0.138. The monoisotopic (exact) mass is 528 g/mol. The molecule has 2 fully saturated rings. The smallest absolute Gasteiger partial charge is 0.248 e. The van der Waals surface area contributed by atoms with Crippen molar-refractivity contribution < 1.29 is 27.9 Å². The molecule has 1 aromatic carbocycles. The van der Waals surface area contributed by atoms with Crippen LogP contribution in [0, 0.1) is 18.8 Å². The van der Waals surface area contributed by atoms with Crippen LogP contribution in [-0.2, 0) is 19.6 Å². The molecule has 0 saturated carbocycles. The maximum absolute atomic E-state index is 13.6. The molecule has 204 valence electrons. The molecule has 36 heavy (non-hydrogen) atoms. The van der Waals surface area contributed by atoms with E-state index >= 15 is 0 Å². The molecular weight excluding hydrogens is 488 g/mol. The van der Waals surface area contributed by atoms with Gasteiger partial charge in [-0.2, -0.15) is 4.31 Å². The summed E-state index contributed by atoms with van der Waals surface area (Å²) in [5, 5.41) is 7.89. The van der Waals surface area contributed by atoms with Crippen molar-refractivity contribution in [3.8, 4) is 5.75 Å². The van der Waals surface area contributed by atoms with Crippen molar-refractivity contribution in [2.75, 3.05) is 59.6 Å². The first-order chi connectivity index (χ1) is 17.2. The molecule has 2 aliphatic heterocycles. The SMILES string of the molecule is CCCN1CCN(C(=O)COCC2CCCCN2S(=O)(=O)c2c(C)cc(OC)cc2C)CC1.O=NO. The Morgan fingerprint density at radius 1 is 1.11 bits per heavy atom. The molecule has 0 spiro atoms. The van der Waals surface area contributed by atoms with Crippen LogP contribution in [0.15, 0.2) is 22.4 Å². The minimum atomic E-state index is -3.68. The topological polar surface area (TPSA) is 129 Å². The second-order valence-corrected chi connectivity index (χ2v) is 11.0. The minimum absolute atomic E-state index is 0.00123. The van der Waals surface area contributed by atoms with E-state index < -0.39 is 10.0 Å². The van der Waals surface area contributed by atoms with Gasteiger partial charge in [-0.25, -0.2) is 8.42 Å². The molecule has 1 amide bonds. The molecule has 0 aromatic heterocycles. The van der Waals surface area contributed by atoms with Crippen molar-refractivity contribution in [2.24, 2.45) is 5.34 Å². The fourth-order valence-corrected chi connectivity index (χ4v) is 7.01. The molecule has 0 aliphatic carbocycles. The van der Waals surface area contributed by atoms with E-state index in [1.807, 2.05) is 4.90 Å². The van der Waals surface area contributed by atoms with Gasteiger partial charge in [0.15, 0.2) is 5.34 Å². The summed E-state index contributed by atoms with van der Waals surface area (Å²) in [6.07, 6.45) is 3.63. The molecule has 1 aromatic rings. The van der Waals surface area contributed by atoms with Crippen LogP contribution in [0.1, 0.15) is 43.7 Å². The van der Waals surface area contributed by atoms with Crippen molar-refractivity contribution in [2.45, 2.75) is 57.4 Å². The Morgan fingerprint density at radius 3 is 2.28 bits per heavy atom. The number of methoxy groups -OCH3 is 1. The van der Waals surface area contributed by atoms with Gasteiger partial charge < -0.3 is 19.6 Å². The first kappa shape index (κ1) is 29.9. The first-order valence-corrected chi connectivity index (χ1v) is 13.8. The van der Waals surface area contributed by atoms with Gasteiger partial charge in [-0.3, -0.25) is 9.69 Å². The zero-order valence-corrected chi connectivity index (χ0v) is 22.6. The number of piperazine rings is 1.